The zero-order valence-electron chi connectivity index (χ0n) is 8.07. The standard InChI is InChI=1S/C9H9BrFN3O/c1-15-9-6(2-3-13-14-12)4-7(10)5-8(9)11/h4-5H,2-3H2,1H3. The van der Waals surface area contributed by atoms with Crippen LogP contribution in [-0.4, -0.2) is 13.7 Å². The van der Waals surface area contributed by atoms with E-state index in [1.807, 2.05) is 0 Å². The molecule has 0 aliphatic carbocycles. The smallest absolute Gasteiger partial charge is 0.166 e. The average Bonchev–Trinajstić information content (AvgIpc) is 2.17. The van der Waals surface area contributed by atoms with Gasteiger partial charge in [-0.2, -0.15) is 0 Å². The van der Waals surface area contributed by atoms with Gasteiger partial charge in [0.2, 0.25) is 0 Å². The third-order valence-electron chi connectivity index (χ3n) is 1.83. The zero-order chi connectivity index (χ0) is 11.3. The molecule has 0 heterocycles. The molecule has 0 aromatic heterocycles. The van der Waals surface area contributed by atoms with Crippen molar-refractivity contribution in [1.82, 2.24) is 0 Å². The molecule has 4 nitrogen and oxygen atoms in total. The van der Waals surface area contributed by atoms with E-state index >= 15 is 0 Å². The van der Waals surface area contributed by atoms with Gasteiger partial charge in [0.25, 0.3) is 0 Å². The van der Waals surface area contributed by atoms with Crippen LogP contribution in [0, 0.1) is 5.82 Å². The van der Waals surface area contributed by atoms with E-state index < -0.39 is 5.82 Å². The Kier molecular flexibility index (Phi) is 4.39. The van der Waals surface area contributed by atoms with Crippen molar-refractivity contribution in [3.8, 4) is 5.75 Å². The minimum atomic E-state index is -0.428. The summed E-state index contributed by atoms with van der Waals surface area (Å²) in [6.45, 7) is 0.281. The third-order valence-corrected chi connectivity index (χ3v) is 2.29. The number of azide groups is 1. The first-order chi connectivity index (χ1) is 7.19. The molecular weight excluding hydrogens is 265 g/mol. The highest BCUT2D eigenvalue weighted by molar-refractivity contribution is 9.10. The van der Waals surface area contributed by atoms with Crippen LogP contribution in [0.4, 0.5) is 4.39 Å². The van der Waals surface area contributed by atoms with Crippen LogP contribution in [0.2, 0.25) is 0 Å². The largest absolute Gasteiger partial charge is 0.493 e. The number of nitrogens with zero attached hydrogens (tertiary/aromatic N) is 3. The van der Waals surface area contributed by atoms with Crippen molar-refractivity contribution >= 4 is 15.9 Å². The van der Waals surface area contributed by atoms with Gasteiger partial charge in [0.15, 0.2) is 11.6 Å². The Labute approximate surface area is 94.8 Å². The van der Waals surface area contributed by atoms with Crippen molar-refractivity contribution in [2.24, 2.45) is 5.11 Å². The summed E-state index contributed by atoms with van der Waals surface area (Å²) in [5.74, 6) is -0.228. The molecule has 0 saturated heterocycles. The molecule has 0 radical (unpaired) electrons. The van der Waals surface area contributed by atoms with Crippen molar-refractivity contribution < 1.29 is 9.13 Å². The molecule has 0 aliphatic rings. The lowest BCUT2D eigenvalue weighted by Crippen LogP contribution is -1.97. The lowest BCUT2D eigenvalue weighted by molar-refractivity contribution is 0.381. The van der Waals surface area contributed by atoms with Crippen LogP contribution in [0.15, 0.2) is 21.7 Å². The predicted molar refractivity (Wildman–Crippen MR) is 58.4 cm³/mol. The molecule has 15 heavy (non-hydrogen) atoms. The fourth-order valence-corrected chi connectivity index (χ4v) is 1.72. The molecule has 0 saturated carbocycles. The van der Waals surface area contributed by atoms with E-state index in [9.17, 15) is 4.39 Å². The molecule has 0 atom stereocenters. The maximum atomic E-state index is 13.4. The molecule has 0 N–H and O–H groups in total. The summed E-state index contributed by atoms with van der Waals surface area (Å²) in [5.41, 5.74) is 8.80. The highest BCUT2D eigenvalue weighted by atomic mass is 79.9. The normalized spacial score (nSPS) is 9.53. The van der Waals surface area contributed by atoms with Crippen LogP contribution in [0.1, 0.15) is 5.56 Å². The average molecular weight is 274 g/mol. The summed E-state index contributed by atoms with van der Waals surface area (Å²) in [6.07, 6.45) is 0.448. The van der Waals surface area contributed by atoms with Crippen molar-refractivity contribution in [1.29, 1.82) is 0 Å². The van der Waals surface area contributed by atoms with Crippen molar-refractivity contribution in [3.63, 3.8) is 0 Å². The van der Waals surface area contributed by atoms with Crippen LogP contribution in [0.5, 0.6) is 5.75 Å². The van der Waals surface area contributed by atoms with Gasteiger partial charge in [-0.1, -0.05) is 21.0 Å². The van der Waals surface area contributed by atoms with Gasteiger partial charge >= 0.3 is 0 Å². The maximum absolute atomic E-state index is 13.4. The fraction of sp³-hybridized carbons (Fsp3) is 0.333. The third kappa shape index (κ3) is 3.11. The van der Waals surface area contributed by atoms with Gasteiger partial charge < -0.3 is 4.74 Å². The van der Waals surface area contributed by atoms with Crippen molar-refractivity contribution in [2.75, 3.05) is 13.7 Å². The van der Waals surface area contributed by atoms with Crippen molar-refractivity contribution in [2.45, 2.75) is 6.42 Å². The molecule has 80 valence electrons. The Morgan fingerprint density at radius 2 is 2.33 bits per heavy atom. The minimum Gasteiger partial charge on any atom is -0.493 e. The number of rotatable bonds is 4. The summed E-state index contributed by atoms with van der Waals surface area (Å²) < 4.78 is 18.9. The highest BCUT2D eigenvalue weighted by Gasteiger charge is 2.10. The van der Waals surface area contributed by atoms with E-state index in [1.165, 1.54) is 13.2 Å². The number of hydrogen-bond acceptors (Lipinski definition) is 2. The van der Waals surface area contributed by atoms with E-state index in [0.29, 0.717) is 16.5 Å². The fourth-order valence-electron chi connectivity index (χ4n) is 1.24. The second-order valence-electron chi connectivity index (χ2n) is 2.78. The van der Waals surface area contributed by atoms with E-state index in [4.69, 9.17) is 10.3 Å². The number of halogens is 2. The maximum Gasteiger partial charge on any atom is 0.166 e. The Balaban J connectivity index is 2.98. The van der Waals surface area contributed by atoms with Crippen molar-refractivity contribution in [3.05, 3.63) is 38.4 Å². The summed E-state index contributed by atoms with van der Waals surface area (Å²) in [4.78, 5) is 2.63. The molecule has 0 amide bonds. The first-order valence-corrected chi connectivity index (χ1v) is 5.01. The van der Waals surface area contributed by atoms with Gasteiger partial charge in [-0.15, -0.1) is 0 Å². The Morgan fingerprint density at radius 3 is 2.93 bits per heavy atom. The van der Waals surface area contributed by atoms with Crippen LogP contribution in [0.3, 0.4) is 0 Å². The lowest BCUT2D eigenvalue weighted by Gasteiger charge is -2.08. The Hall–Kier alpha value is -1.26. The monoisotopic (exact) mass is 273 g/mol. The Bertz CT molecular complexity index is 405. The number of benzene rings is 1. The number of methoxy groups -OCH3 is 1. The molecule has 0 unspecified atom stereocenters. The molecule has 1 rings (SSSR count). The molecule has 0 fully saturated rings. The predicted octanol–water partition coefficient (Wildman–Crippen LogP) is 3.45. The van der Waals surface area contributed by atoms with E-state index in [2.05, 4.69) is 26.0 Å². The summed E-state index contributed by atoms with van der Waals surface area (Å²) in [6, 6.07) is 3.07. The van der Waals surface area contributed by atoms with Gasteiger partial charge in [-0.3, -0.25) is 0 Å². The first kappa shape index (κ1) is 11.8. The summed E-state index contributed by atoms with van der Waals surface area (Å²) in [7, 11) is 1.41. The summed E-state index contributed by atoms with van der Waals surface area (Å²) >= 11 is 3.19. The second-order valence-corrected chi connectivity index (χ2v) is 3.70. The molecule has 6 heteroatoms. The molecule has 0 aliphatic heterocycles. The lowest BCUT2D eigenvalue weighted by atomic mass is 10.1. The molecule has 0 bridgehead atoms. The second kappa shape index (κ2) is 5.58. The van der Waals surface area contributed by atoms with Gasteiger partial charge in [0.05, 0.1) is 7.11 Å². The number of ether oxygens (including phenoxy) is 1. The Morgan fingerprint density at radius 1 is 1.60 bits per heavy atom. The van der Waals surface area contributed by atoms with Gasteiger partial charge in [0.1, 0.15) is 0 Å². The minimum absolute atomic E-state index is 0.200. The molecule has 1 aromatic rings. The topological polar surface area (TPSA) is 58.0 Å². The van der Waals surface area contributed by atoms with E-state index in [1.54, 1.807) is 6.07 Å². The quantitative estimate of drug-likeness (QED) is 0.471. The molecular formula is C9H9BrFN3O. The number of hydrogen-bond donors (Lipinski definition) is 0. The van der Waals surface area contributed by atoms with Crippen LogP contribution in [0.25, 0.3) is 10.4 Å². The summed E-state index contributed by atoms with van der Waals surface area (Å²) in [5, 5.41) is 3.39. The van der Waals surface area contributed by atoms with Crippen LogP contribution in [-0.2, 0) is 6.42 Å². The van der Waals surface area contributed by atoms with E-state index in [0.717, 1.165) is 0 Å². The zero-order valence-corrected chi connectivity index (χ0v) is 9.66. The van der Waals surface area contributed by atoms with Gasteiger partial charge in [0, 0.05) is 15.9 Å². The van der Waals surface area contributed by atoms with Gasteiger partial charge in [-0.25, -0.2) is 4.39 Å². The highest BCUT2D eigenvalue weighted by Crippen LogP contribution is 2.27. The molecule has 1 aromatic carbocycles. The van der Waals surface area contributed by atoms with Crippen LogP contribution >= 0.6 is 15.9 Å². The van der Waals surface area contributed by atoms with Gasteiger partial charge in [-0.05, 0) is 29.6 Å². The SMILES string of the molecule is COc1c(F)cc(Br)cc1CCN=[N+]=[N-]. The first-order valence-electron chi connectivity index (χ1n) is 4.21. The molecule has 0 spiro atoms. The van der Waals surface area contributed by atoms with E-state index in [-0.39, 0.29) is 12.3 Å². The van der Waals surface area contributed by atoms with Crippen LogP contribution < -0.4 is 4.74 Å².